The Hall–Kier alpha value is -3.63. The molecule has 0 atom stereocenters. The molecule has 0 aliphatic rings. The first-order valence-electron chi connectivity index (χ1n) is 9.89. The zero-order valence-electron chi connectivity index (χ0n) is 17.9. The average molecular weight is 483 g/mol. The number of hydrogen-bond donors (Lipinski definition) is 3. The summed E-state index contributed by atoms with van der Waals surface area (Å²) in [6, 6.07) is 19.9. The summed E-state index contributed by atoms with van der Waals surface area (Å²) in [6.07, 6.45) is 5.93. The van der Waals surface area contributed by atoms with Crippen LogP contribution in [0, 0.1) is 0 Å². The van der Waals surface area contributed by atoms with Crippen molar-refractivity contribution in [1.82, 2.24) is 9.97 Å². The first-order chi connectivity index (χ1) is 15.6. The minimum absolute atomic E-state index is 0.497. The zero-order chi connectivity index (χ0) is 23.6. The molecular weight excluding hydrogens is 460 g/mol. The van der Waals surface area contributed by atoms with E-state index >= 15 is 0 Å². The lowest BCUT2D eigenvalue weighted by atomic mass is 10.0. The van der Waals surface area contributed by atoms with E-state index in [-0.39, 0.29) is 0 Å². The normalized spacial score (nSPS) is 12.3. The van der Waals surface area contributed by atoms with Crippen molar-refractivity contribution in [3.63, 3.8) is 0 Å². The lowest BCUT2D eigenvalue weighted by Crippen LogP contribution is -2.10. The highest BCUT2D eigenvalue weighted by atomic mass is 32.2. The second kappa shape index (κ2) is 8.72. The number of nitrogens with one attached hydrogen (secondary N) is 3. The van der Waals surface area contributed by atoms with Gasteiger partial charge in [-0.1, -0.05) is 42.5 Å². The zero-order valence-corrected chi connectivity index (χ0v) is 19.5. The van der Waals surface area contributed by atoms with Crippen molar-refractivity contribution in [3.05, 3.63) is 78.1 Å². The van der Waals surface area contributed by atoms with Crippen molar-refractivity contribution in [2.45, 2.75) is 0 Å². The van der Waals surface area contributed by atoms with Gasteiger partial charge in [-0.05, 0) is 47.5 Å². The van der Waals surface area contributed by atoms with Crippen molar-refractivity contribution < 1.29 is 16.8 Å². The Morgan fingerprint density at radius 3 is 2.21 bits per heavy atom. The summed E-state index contributed by atoms with van der Waals surface area (Å²) in [5.74, 6) is 0.656. The minimum Gasteiger partial charge on any atom is -0.338 e. The molecule has 4 rings (SSSR count). The van der Waals surface area contributed by atoms with E-state index in [1.54, 1.807) is 36.4 Å². The fraction of sp³-hybridized carbons (Fsp3) is 0.0870. The van der Waals surface area contributed by atoms with Gasteiger partial charge in [0.2, 0.25) is 20.0 Å². The second-order valence-electron chi connectivity index (χ2n) is 7.60. The highest BCUT2D eigenvalue weighted by molar-refractivity contribution is 7.92. The van der Waals surface area contributed by atoms with E-state index in [2.05, 4.69) is 19.4 Å². The number of H-pyrrole nitrogens is 1. The molecule has 0 aliphatic heterocycles. The van der Waals surface area contributed by atoms with Gasteiger partial charge in [-0.2, -0.15) is 0 Å². The number of para-hydroxylation sites is 1. The van der Waals surface area contributed by atoms with Crippen molar-refractivity contribution in [1.29, 1.82) is 0 Å². The number of nitrogens with zero attached hydrogens (tertiary/aromatic N) is 1. The Balaban J connectivity index is 1.58. The Labute approximate surface area is 192 Å². The van der Waals surface area contributed by atoms with Crippen molar-refractivity contribution in [3.8, 4) is 11.1 Å². The van der Waals surface area contributed by atoms with Crippen molar-refractivity contribution >= 4 is 54.6 Å². The van der Waals surface area contributed by atoms with Crippen LogP contribution in [0.5, 0.6) is 0 Å². The minimum atomic E-state index is -3.40. The van der Waals surface area contributed by atoms with Gasteiger partial charge >= 0.3 is 0 Å². The lowest BCUT2D eigenvalue weighted by Gasteiger charge is -2.10. The number of hydrogen-bond acceptors (Lipinski definition) is 5. The monoisotopic (exact) mass is 482 g/mol. The van der Waals surface area contributed by atoms with Crippen molar-refractivity contribution in [2.24, 2.45) is 0 Å². The molecule has 33 heavy (non-hydrogen) atoms. The quantitative estimate of drug-likeness (QED) is 0.365. The molecule has 1 aromatic heterocycles. The summed E-state index contributed by atoms with van der Waals surface area (Å²) in [6.45, 7) is 0. The summed E-state index contributed by atoms with van der Waals surface area (Å²) < 4.78 is 51.0. The first-order valence-corrected chi connectivity index (χ1v) is 13.7. The number of fused-ring (bicyclic) bond motifs is 1. The van der Waals surface area contributed by atoms with Crippen LogP contribution in [0.1, 0.15) is 11.4 Å². The van der Waals surface area contributed by atoms with Gasteiger partial charge in [-0.25, -0.2) is 21.8 Å². The van der Waals surface area contributed by atoms with Crippen LogP contribution in [-0.2, 0) is 20.0 Å². The van der Waals surface area contributed by atoms with Gasteiger partial charge in [0.05, 0.1) is 29.2 Å². The SMILES string of the molecule is CS(=O)(=O)Nc1ccc(/C=C/c2nc3ccc(-c4ccccc4NS(C)(=O)=O)cc3[nH]2)cc1. The molecule has 0 saturated carbocycles. The van der Waals surface area contributed by atoms with E-state index in [1.165, 1.54) is 0 Å². The first kappa shape index (κ1) is 22.6. The molecule has 10 heteroatoms. The van der Waals surface area contributed by atoms with Crippen LogP contribution in [0.4, 0.5) is 11.4 Å². The molecule has 1 heterocycles. The molecule has 3 aromatic carbocycles. The summed E-state index contributed by atoms with van der Waals surface area (Å²) in [7, 11) is -6.72. The summed E-state index contributed by atoms with van der Waals surface area (Å²) in [5.41, 5.74) is 5.09. The van der Waals surface area contributed by atoms with E-state index in [9.17, 15) is 16.8 Å². The molecule has 4 aromatic rings. The Bertz CT molecular complexity index is 1560. The van der Waals surface area contributed by atoms with Crippen LogP contribution in [-0.4, -0.2) is 39.3 Å². The number of imidazole rings is 1. The summed E-state index contributed by atoms with van der Waals surface area (Å²) in [4.78, 5) is 7.82. The molecule has 0 radical (unpaired) electrons. The molecule has 0 bridgehead atoms. The molecule has 170 valence electrons. The van der Waals surface area contributed by atoms with Gasteiger partial charge in [-0.15, -0.1) is 0 Å². The molecule has 0 saturated heterocycles. The topological polar surface area (TPSA) is 121 Å². The molecule has 0 unspecified atom stereocenters. The number of aromatic nitrogens is 2. The molecule has 3 N–H and O–H groups in total. The molecule has 0 fully saturated rings. The predicted octanol–water partition coefficient (Wildman–Crippen LogP) is 4.14. The number of anilines is 2. The summed E-state index contributed by atoms with van der Waals surface area (Å²) >= 11 is 0. The Morgan fingerprint density at radius 2 is 1.52 bits per heavy atom. The van der Waals surface area contributed by atoms with E-state index in [0.29, 0.717) is 17.2 Å². The third-order valence-electron chi connectivity index (χ3n) is 4.68. The van der Waals surface area contributed by atoms with Gasteiger partial charge in [0.25, 0.3) is 0 Å². The van der Waals surface area contributed by atoms with Gasteiger partial charge < -0.3 is 4.98 Å². The summed E-state index contributed by atoms with van der Waals surface area (Å²) in [5, 5.41) is 0. The average Bonchev–Trinajstić information content (AvgIpc) is 3.13. The maximum Gasteiger partial charge on any atom is 0.229 e. The maximum atomic E-state index is 11.7. The number of rotatable bonds is 7. The van der Waals surface area contributed by atoms with Crippen LogP contribution in [0.25, 0.3) is 34.3 Å². The van der Waals surface area contributed by atoms with Crippen LogP contribution in [0.15, 0.2) is 66.7 Å². The van der Waals surface area contributed by atoms with Gasteiger partial charge in [0.15, 0.2) is 0 Å². The van der Waals surface area contributed by atoms with Crippen molar-refractivity contribution in [2.75, 3.05) is 22.0 Å². The van der Waals surface area contributed by atoms with Crippen LogP contribution in [0.3, 0.4) is 0 Å². The highest BCUT2D eigenvalue weighted by Crippen LogP contribution is 2.30. The van der Waals surface area contributed by atoms with Gasteiger partial charge in [0.1, 0.15) is 5.82 Å². The highest BCUT2D eigenvalue weighted by Gasteiger charge is 2.10. The van der Waals surface area contributed by atoms with Crippen LogP contribution in [0.2, 0.25) is 0 Å². The standard InChI is InChI=1S/C23H22N4O4S2/c1-32(28,29)26-18-11-7-16(8-12-18)9-14-23-24-21-13-10-17(15-22(21)25-23)19-5-3-4-6-20(19)27-33(2,30)31/h3-15,26-27H,1-2H3,(H,24,25)/b14-9+. The van der Waals surface area contributed by atoms with E-state index in [0.717, 1.165) is 40.2 Å². The van der Waals surface area contributed by atoms with Gasteiger partial charge in [0, 0.05) is 11.3 Å². The second-order valence-corrected chi connectivity index (χ2v) is 11.1. The Kier molecular flexibility index (Phi) is 5.96. The Morgan fingerprint density at radius 1 is 0.818 bits per heavy atom. The van der Waals surface area contributed by atoms with Crippen LogP contribution < -0.4 is 9.44 Å². The van der Waals surface area contributed by atoms with E-state index in [4.69, 9.17) is 0 Å². The number of benzene rings is 3. The van der Waals surface area contributed by atoms with E-state index < -0.39 is 20.0 Å². The van der Waals surface area contributed by atoms with Crippen LogP contribution >= 0.6 is 0 Å². The van der Waals surface area contributed by atoms with E-state index in [1.807, 2.05) is 42.5 Å². The molecule has 0 aliphatic carbocycles. The fourth-order valence-corrected chi connectivity index (χ4v) is 4.49. The largest absolute Gasteiger partial charge is 0.338 e. The van der Waals surface area contributed by atoms with Gasteiger partial charge in [-0.3, -0.25) is 9.44 Å². The lowest BCUT2D eigenvalue weighted by molar-refractivity contribution is 0.605. The third kappa shape index (κ3) is 5.99. The predicted molar refractivity (Wildman–Crippen MR) is 134 cm³/mol. The maximum absolute atomic E-state index is 11.7. The number of aromatic amines is 1. The third-order valence-corrected chi connectivity index (χ3v) is 5.88. The molecule has 8 nitrogen and oxygen atoms in total. The molecular formula is C23H22N4O4S2. The molecule has 0 spiro atoms. The smallest absolute Gasteiger partial charge is 0.229 e. The fourth-order valence-electron chi connectivity index (χ4n) is 3.35. The number of sulfonamides is 2. The molecule has 0 amide bonds.